The number of rotatable bonds is 5. The number of nitrogens with zero attached hydrogens (tertiary/aromatic N) is 4. The molecule has 0 fully saturated rings. The zero-order chi connectivity index (χ0) is 22.9. The minimum absolute atomic E-state index is 0.0486. The van der Waals surface area contributed by atoms with Crippen molar-refractivity contribution in [2.24, 2.45) is 7.05 Å². The van der Waals surface area contributed by atoms with Crippen molar-refractivity contribution in [3.63, 3.8) is 0 Å². The quantitative estimate of drug-likeness (QED) is 0.457. The highest BCUT2D eigenvalue weighted by Gasteiger charge is 2.34. The van der Waals surface area contributed by atoms with Gasteiger partial charge in [-0.25, -0.2) is 4.79 Å². The summed E-state index contributed by atoms with van der Waals surface area (Å²) >= 11 is 0. The average Bonchev–Trinajstić information content (AvgIpc) is 3.11. The second-order valence-electron chi connectivity index (χ2n) is 7.23. The Bertz CT molecular complexity index is 1310. The molecular weight excluding hydrogens is 421 g/mol. The average molecular weight is 440 g/mol. The van der Waals surface area contributed by atoms with Gasteiger partial charge in [-0.1, -0.05) is 48.5 Å². The van der Waals surface area contributed by atoms with Crippen LogP contribution in [0.3, 0.4) is 0 Å². The molecule has 9 heteroatoms. The monoisotopic (exact) mass is 440 g/mol. The molecule has 4 rings (SSSR count). The van der Waals surface area contributed by atoms with Crippen LogP contribution in [-0.2, 0) is 19.8 Å². The molecule has 3 aromatic carbocycles. The number of hydrogen-bond donors (Lipinski definition) is 0. The lowest BCUT2D eigenvalue weighted by Gasteiger charge is -2.17. The van der Waals surface area contributed by atoms with E-state index in [4.69, 9.17) is 4.74 Å². The molecule has 32 heavy (non-hydrogen) atoms. The summed E-state index contributed by atoms with van der Waals surface area (Å²) in [7, 11) is 1.48. The molecule has 0 saturated heterocycles. The van der Waals surface area contributed by atoms with Gasteiger partial charge in [0.05, 0.1) is 11.3 Å². The summed E-state index contributed by atoms with van der Waals surface area (Å²) in [6.07, 6.45) is -4.55. The van der Waals surface area contributed by atoms with Gasteiger partial charge >= 0.3 is 11.9 Å². The predicted molar refractivity (Wildman–Crippen MR) is 113 cm³/mol. The van der Waals surface area contributed by atoms with Crippen molar-refractivity contribution < 1.29 is 17.9 Å². The van der Waals surface area contributed by atoms with Gasteiger partial charge < -0.3 is 4.74 Å². The highest BCUT2D eigenvalue weighted by molar-refractivity contribution is 5.69. The molecule has 0 spiro atoms. The van der Waals surface area contributed by atoms with Crippen LogP contribution in [0.15, 0.2) is 71.5 Å². The Labute approximate surface area is 181 Å². The van der Waals surface area contributed by atoms with Gasteiger partial charge in [0.1, 0.15) is 12.4 Å². The Morgan fingerprint density at radius 3 is 2.38 bits per heavy atom. The first-order valence-electron chi connectivity index (χ1n) is 9.73. The molecule has 6 nitrogen and oxygen atoms in total. The Morgan fingerprint density at radius 2 is 1.72 bits per heavy atom. The van der Waals surface area contributed by atoms with E-state index in [0.29, 0.717) is 16.8 Å². The topological polar surface area (TPSA) is 61.9 Å². The summed E-state index contributed by atoms with van der Waals surface area (Å²) in [5.41, 5.74) is 1.20. The van der Waals surface area contributed by atoms with E-state index in [-0.39, 0.29) is 17.9 Å². The van der Waals surface area contributed by atoms with Gasteiger partial charge in [0.15, 0.2) is 0 Å². The summed E-state index contributed by atoms with van der Waals surface area (Å²) in [4.78, 5) is 12.3. The van der Waals surface area contributed by atoms with Gasteiger partial charge in [-0.15, -0.1) is 0 Å². The van der Waals surface area contributed by atoms with Gasteiger partial charge in [-0.05, 0) is 52.2 Å². The molecule has 0 bridgehead atoms. The van der Waals surface area contributed by atoms with Crippen molar-refractivity contribution in [3.8, 4) is 22.6 Å². The Hall–Kier alpha value is -3.88. The summed E-state index contributed by atoms with van der Waals surface area (Å²) in [6.45, 7) is 1.77. The Balaban J connectivity index is 1.68. The minimum atomic E-state index is -4.55. The van der Waals surface area contributed by atoms with E-state index in [9.17, 15) is 18.0 Å². The number of alkyl halides is 3. The molecule has 0 radical (unpaired) electrons. The largest absolute Gasteiger partial charge is 0.489 e. The molecule has 0 unspecified atom stereocenters. The predicted octanol–water partition coefficient (Wildman–Crippen LogP) is 4.54. The standard InChI is InChI=1S/C23H19F3N4O2/c1-15-7-6-10-21(30-22(31)29(2)27-28-30)19(15)14-32-17-11-12-18(16-8-4-3-5-9-16)20(13-17)23(24,25)26/h3-13H,14H2,1-2H3. The Kier molecular flexibility index (Phi) is 5.56. The molecule has 0 N–H and O–H groups in total. The minimum Gasteiger partial charge on any atom is -0.489 e. The zero-order valence-electron chi connectivity index (χ0n) is 17.3. The maximum Gasteiger partial charge on any atom is 0.417 e. The van der Waals surface area contributed by atoms with Crippen molar-refractivity contribution in [1.82, 2.24) is 19.8 Å². The first-order valence-corrected chi connectivity index (χ1v) is 9.73. The van der Waals surface area contributed by atoms with E-state index in [0.717, 1.165) is 21.0 Å². The third-order valence-corrected chi connectivity index (χ3v) is 5.10. The lowest BCUT2D eigenvalue weighted by atomic mass is 9.99. The molecule has 1 aromatic heterocycles. The van der Waals surface area contributed by atoms with Crippen molar-refractivity contribution >= 4 is 0 Å². The van der Waals surface area contributed by atoms with Crippen molar-refractivity contribution in [2.75, 3.05) is 0 Å². The van der Waals surface area contributed by atoms with Crippen LogP contribution in [0.1, 0.15) is 16.7 Å². The number of halogens is 3. The van der Waals surface area contributed by atoms with Crippen molar-refractivity contribution in [2.45, 2.75) is 19.7 Å². The molecule has 1 heterocycles. The zero-order valence-corrected chi connectivity index (χ0v) is 17.3. The number of benzene rings is 3. The van der Waals surface area contributed by atoms with E-state index in [1.165, 1.54) is 19.2 Å². The van der Waals surface area contributed by atoms with E-state index < -0.39 is 17.4 Å². The number of ether oxygens (including phenoxy) is 1. The molecule has 0 aliphatic carbocycles. The van der Waals surface area contributed by atoms with Crippen LogP contribution in [-0.4, -0.2) is 19.8 Å². The van der Waals surface area contributed by atoms with Gasteiger partial charge in [0.25, 0.3) is 0 Å². The third-order valence-electron chi connectivity index (χ3n) is 5.10. The summed E-state index contributed by atoms with van der Waals surface area (Å²) in [5.74, 6) is 0.0673. The molecule has 0 atom stereocenters. The van der Waals surface area contributed by atoms with Crippen LogP contribution in [0.4, 0.5) is 13.2 Å². The SMILES string of the molecule is Cc1cccc(-n2nnn(C)c2=O)c1COc1ccc(-c2ccccc2)c(C(F)(F)F)c1. The smallest absolute Gasteiger partial charge is 0.417 e. The van der Waals surface area contributed by atoms with E-state index in [2.05, 4.69) is 10.4 Å². The molecule has 0 aliphatic rings. The maximum atomic E-state index is 13.8. The molecule has 164 valence electrons. The van der Waals surface area contributed by atoms with Crippen LogP contribution in [0, 0.1) is 6.92 Å². The molecular formula is C23H19F3N4O2. The number of aromatic nitrogens is 4. The Morgan fingerprint density at radius 1 is 0.969 bits per heavy atom. The van der Waals surface area contributed by atoms with Crippen LogP contribution in [0.5, 0.6) is 5.75 Å². The third kappa shape index (κ3) is 4.14. The van der Waals surface area contributed by atoms with E-state index in [1.807, 2.05) is 13.0 Å². The second kappa shape index (κ2) is 8.33. The number of aryl methyl sites for hydroxylation is 2. The summed E-state index contributed by atoms with van der Waals surface area (Å²) < 4.78 is 49.2. The fourth-order valence-electron chi connectivity index (χ4n) is 3.41. The first kappa shape index (κ1) is 21.4. The molecule has 0 amide bonds. The van der Waals surface area contributed by atoms with E-state index in [1.54, 1.807) is 42.5 Å². The lowest BCUT2D eigenvalue weighted by molar-refractivity contribution is -0.137. The fraction of sp³-hybridized carbons (Fsp3) is 0.174. The normalized spacial score (nSPS) is 11.5. The number of hydrogen-bond acceptors (Lipinski definition) is 4. The van der Waals surface area contributed by atoms with E-state index >= 15 is 0 Å². The van der Waals surface area contributed by atoms with Gasteiger partial charge in [0.2, 0.25) is 0 Å². The van der Waals surface area contributed by atoms with Crippen molar-refractivity contribution in [3.05, 3.63) is 93.9 Å². The first-order chi connectivity index (χ1) is 15.3. The summed E-state index contributed by atoms with van der Waals surface area (Å²) in [6, 6.07) is 17.5. The van der Waals surface area contributed by atoms with Gasteiger partial charge in [0, 0.05) is 12.6 Å². The maximum absolute atomic E-state index is 13.8. The van der Waals surface area contributed by atoms with Crippen molar-refractivity contribution in [1.29, 1.82) is 0 Å². The van der Waals surface area contributed by atoms with Crippen LogP contribution in [0.2, 0.25) is 0 Å². The highest BCUT2D eigenvalue weighted by atomic mass is 19.4. The lowest BCUT2D eigenvalue weighted by Crippen LogP contribution is -2.23. The van der Waals surface area contributed by atoms with Crippen LogP contribution in [0.25, 0.3) is 16.8 Å². The van der Waals surface area contributed by atoms with Gasteiger partial charge in [-0.2, -0.15) is 22.5 Å². The summed E-state index contributed by atoms with van der Waals surface area (Å²) in [5, 5.41) is 7.56. The molecule has 4 aromatic rings. The highest BCUT2D eigenvalue weighted by Crippen LogP contribution is 2.39. The van der Waals surface area contributed by atoms with Crippen LogP contribution >= 0.6 is 0 Å². The van der Waals surface area contributed by atoms with Gasteiger partial charge in [-0.3, -0.25) is 0 Å². The molecule has 0 aliphatic heterocycles. The molecule has 0 saturated carbocycles. The number of tetrazole rings is 1. The van der Waals surface area contributed by atoms with Crippen LogP contribution < -0.4 is 10.4 Å². The second-order valence-corrected chi connectivity index (χ2v) is 7.23. The fourth-order valence-corrected chi connectivity index (χ4v) is 3.41.